The first-order chi connectivity index (χ1) is 7.59. The third-order valence-electron chi connectivity index (χ3n) is 2.66. The van der Waals surface area contributed by atoms with Crippen LogP contribution >= 0.6 is 31.9 Å². The fourth-order valence-electron chi connectivity index (χ4n) is 1.82. The number of hydrogen-bond acceptors (Lipinski definition) is 2. The van der Waals surface area contributed by atoms with Crippen molar-refractivity contribution >= 4 is 31.9 Å². The van der Waals surface area contributed by atoms with Crippen molar-refractivity contribution in [2.75, 3.05) is 6.61 Å². The van der Waals surface area contributed by atoms with Crippen LogP contribution in [-0.4, -0.2) is 17.8 Å². The minimum Gasteiger partial charge on any atom is -0.393 e. The highest BCUT2D eigenvalue weighted by atomic mass is 79.9. The van der Waals surface area contributed by atoms with Gasteiger partial charge in [-0.2, -0.15) is 0 Å². The summed E-state index contributed by atoms with van der Waals surface area (Å²) in [4.78, 5) is 0. The summed E-state index contributed by atoms with van der Waals surface area (Å²) in [6.45, 7) is 0.463. The van der Waals surface area contributed by atoms with Gasteiger partial charge in [0.05, 0.1) is 16.7 Å². The second-order valence-corrected chi connectivity index (χ2v) is 5.50. The van der Waals surface area contributed by atoms with Gasteiger partial charge in [0.15, 0.2) is 0 Å². The molecule has 5 heteroatoms. The van der Waals surface area contributed by atoms with Crippen LogP contribution in [0.15, 0.2) is 21.1 Å². The van der Waals surface area contributed by atoms with Crippen molar-refractivity contribution in [3.8, 4) is 0 Å². The molecule has 0 saturated carbocycles. The SMILES string of the molecule is OC1CCOC(c2c(Br)ccc(Br)c2F)C1. The molecule has 1 fully saturated rings. The highest BCUT2D eigenvalue weighted by Crippen LogP contribution is 2.37. The number of ether oxygens (including phenoxy) is 1. The zero-order valence-corrected chi connectivity index (χ0v) is 11.6. The zero-order valence-electron chi connectivity index (χ0n) is 8.42. The molecule has 0 amide bonds. The second-order valence-electron chi connectivity index (χ2n) is 3.79. The monoisotopic (exact) mass is 352 g/mol. The van der Waals surface area contributed by atoms with Crippen molar-refractivity contribution in [3.05, 3.63) is 32.5 Å². The summed E-state index contributed by atoms with van der Waals surface area (Å²) in [5.74, 6) is -0.325. The Kier molecular flexibility index (Phi) is 4.00. The van der Waals surface area contributed by atoms with Crippen LogP contribution in [0.2, 0.25) is 0 Å². The average Bonchev–Trinajstić information content (AvgIpc) is 2.24. The van der Waals surface area contributed by atoms with Gasteiger partial charge >= 0.3 is 0 Å². The minimum absolute atomic E-state index is 0.325. The molecule has 0 aliphatic carbocycles. The lowest BCUT2D eigenvalue weighted by molar-refractivity contribution is -0.0465. The quantitative estimate of drug-likeness (QED) is 0.782. The van der Waals surface area contributed by atoms with E-state index in [1.165, 1.54) is 0 Å². The molecule has 1 aliphatic rings. The van der Waals surface area contributed by atoms with Crippen molar-refractivity contribution in [2.24, 2.45) is 0 Å². The van der Waals surface area contributed by atoms with Crippen molar-refractivity contribution < 1.29 is 14.2 Å². The first kappa shape index (κ1) is 12.5. The van der Waals surface area contributed by atoms with Gasteiger partial charge in [-0.25, -0.2) is 4.39 Å². The third-order valence-corrected chi connectivity index (χ3v) is 3.96. The highest BCUT2D eigenvalue weighted by Gasteiger charge is 2.27. The number of hydrogen-bond donors (Lipinski definition) is 1. The van der Waals surface area contributed by atoms with E-state index >= 15 is 0 Å². The van der Waals surface area contributed by atoms with Gasteiger partial charge in [-0.15, -0.1) is 0 Å². The lowest BCUT2D eigenvalue weighted by atomic mass is 9.99. The van der Waals surface area contributed by atoms with E-state index in [2.05, 4.69) is 31.9 Å². The summed E-state index contributed by atoms with van der Waals surface area (Å²) in [6.07, 6.45) is 0.259. The largest absolute Gasteiger partial charge is 0.393 e. The first-order valence-corrected chi connectivity index (χ1v) is 6.61. The van der Waals surface area contributed by atoms with Crippen LogP contribution in [0.5, 0.6) is 0 Å². The molecule has 16 heavy (non-hydrogen) atoms. The van der Waals surface area contributed by atoms with Crippen LogP contribution in [0.3, 0.4) is 0 Å². The van der Waals surface area contributed by atoms with Crippen LogP contribution in [-0.2, 0) is 4.74 Å². The Labute approximate surface area is 110 Å². The van der Waals surface area contributed by atoms with Crippen LogP contribution in [0.1, 0.15) is 24.5 Å². The molecular formula is C11H11Br2FO2. The molecule has 0 spiro atoms. The number of aliphatic hydroxyl groups is 1. The maximum atomic E-state index is 13.9. The molecule has 1 saturated heterocycles. The molecule has 2 nitrogen and oxygen atoms in total. The fourth-order valence-corrected chi connectivity index (χ4v) is 2.73. The van der Waals surface area contributed by atoms with E-state index in [1.54, 1.807) is 12.1 Å². The molecule has 1 aliphatic heterocycles. The Balaban J connectivity index is 2.35. The van der Waals surface area contributed by atoms with Gasteiger partial charge in [0.1, 0.15) is 5.82 Å². The number of benzene rings is 1. The lowest BCUT2D eigenvalue weighted by Crippen LogP contribution is -2.24. The third kappa shape index (κ3) is 2.47. The van der Waals surface area contributed by atoms with Gasteiger partial charge in [-0.05, 0) is 34.5 Å². The molecule has 0 radical (unpaired) electrons. The summed E-state index contributed by atoms with van der Waals surface area (Å²) in [7, 11) is 0. The minimum atomic E-state index is -0.413. The molecule has 2 atom stereocenters. The number of halogens is 3. The topological polar surface area (TPSA) is 29.5 Å². The van der Waals surface area contributed by atoms with E-state index in [0.717, 1.165) is 0 Å². The summed E-state index contributed by atoms with van der Waals surface area (Å²) < 4.78 is 20.5. The molecule has 1 N–H and O–H groups in total. The summed E-state index contributed by atoms with van der Waals surface area (Å²) in [5, 5.41) is 9.56. The molecule has 1 aromatic rings. The second kappa shape index (κ2) is 5.12. The molecule has 0 bridgehead atoms. The smallest absolute Gasteiger partial charge is 0.144 e. The molecule has 1 aromatic carbocycles. The fraction of sp³-hybridized carbons (Fsp3) is 0.455. The van der Waals surface area contributed by atoms with Gasteiger partial charge in [0, 0.05) is 23.1 Å². The predicted octanol–water partition coefficient (Wildman–Crippen LogP) is 3.56. The molecular weight excluding hydrogens is 343 g/mol. The van der Waals surface area contributed by atoms with E-state index < -0.39 is 6.10 Å². The maximum Gasteiger partial charge on any atom is 0.144 e. The van der Waals surface area contributed by atoms with Crippen LogP contribution < -0.4 is 0 Å². The van der Waals surface area contributed by atoms with Gasteiger partial charge < -0.3 is 9.84 Å². The van der Waals surface area contributed by atoms with Gasteiger partial charge in [0.25, 0.3) is 0 Å². The van der Waals surface area contributed by atoms with E-state index in [4.69, 9.17) is 4.74 Å². The predicted molar refractivity (Wildman–Crippen MR) is 65.7 cm³/mol. The molecule has 0 aromatic heterocycles. The molecule has 1 heterocycles. The standard InChI is InChI=1S/C11H11Br2FO2/c12-7-1-2-8(13)11(14)10(7)9-5-6(15)3-4-16-9/h1-2,6,9,15H,3-5H2. The van der Waals surface area contributed by atoms with E-state index in [-0.39, 0.29) is 11.9 Å². The van der Waals surface area contributed by atoms with Crippen molar-refractivity contribution in [1.82, 2.24) is 0 Å². The van der Waals surface area contributed by atoms with Crippen molar-refractivity contribution in [1.29, 1.82) is 0 Å². The van der Waals surface area contributed by atoms with E-state index in [1.807, 2.05) is 0 Å². The van der Waals surface area contributed by atoms with Gasteiger partial charge in [0.2, 0.25) is 0 Å². The average molecular weight is 354 g/mol. The Morgan fingerprint density at radius 2 is 2.00 bits per heavy atom. The molecule has 88 valence electrons. The lowest BCUT2D eigenvalue weighted by Gasteiger charge is -2.27. The Morgan fingerprint density at radius 3 is 2.69 bits per heavy atom. The molecule has 2 rings (SSSR count). The van der Waals surface area contributed by atoms with E-state index in [0.29, 0.717) is 34.0 Å². The summed E-state index contributed by atoms with van der Waals surface area (Å²) in [5.41, 5.74) is 0.480. The van der Waals surface area contributed by atoms with Crippen molar-refractivity contribution in [2.45, 2.75) is 25.0 Å². The number of aliphatic hydroxyl groups excluding tert-OH is 1. The molecule has 2 unspecified atom stereocenters. The number of rotatable bonds is 1. The van der Waals surface area contributed by atoms with Crippen LogP contribution in [0, 0.1) is 5.82 Å². The van der Waals surface area contributed by atoms with Gasteiger partial charge in [-0.1, -0.05) is 15.9 Å². The summed E-state index contributed by atoms with van der Waals surface area (Å²) >= 11 is 6.46. The van der Waals surface area contributed by atoms with Crippen LogP contribution in [0.25, 0.3) is 0 Å². The highest BCUT2D eigenvalue weighted by molar-refractivity contribution is 9.11. The maximum absolute atomic E-state index is 13.9. The van der Waals surface area contributed by atoms with Crippen LogP contribution in [0.4, 0.5) is 4.39 Å². The Hall–Kier alpha value is 0.0300. The Bertz CT molecular complexity index is 398. The van der Waals surface area contributed by atoms with Gasteiger partial charge in [-0.3, -0.25) is 0 Å². The normalized spacial score (nSPS) is 25.8. The Morgan fingerprint density at radius 1 is 1.31 bits per heavy atom. The first-order valence-electron chi connectivity index (χ1n) is 5.02. The van der Waals surface area contributed by atoms with E-state index in [9.17, 15) is 9.50 Å². The van der Waals surface area contributed by atoms with Crippen molar-refractivity contribution in [3.63, 3.8) is 0 Å². The zero-order chi connectivity index (χ0) is 11.7. The summed E-state index contributed by atoms with van der Waals surface area (Å²) in [6, 6.07) is 3.41.